The smallest absolute Gasteiger partial charge is 0.254 e. The summed E-state index contributed by atoms with van der Waals surface area (Å²) < 4.78 is 0. The first-order chi connectivity index (χ1) is 9.59. The third-order valence-electron chi connectivity index (χ3n) is 2.72. The maximum Gasteiger partial charge on any atom is 0.254 e. The van der Waals surface area contributed by atoms with Gasteiger partial charge in [0, 0.05) is 23.3 Å². The van der Waals surface area contributed by atoms with Crippen LogP contribution in [-0.4, -0.2) is 22.5 Å². The van der Waals surface area contributed by atoms with Crippen molar-refractivity contribution in [3.8, 4) is 0 Å². The highest BCUT2D eigenvalue weighted by atomic mass is 35.5. The van der Waals surface area contributed by atoms with E-state index in [0.29, 0.717) is 10.6 Å². The number of carbonyl (C=O) groups excluding carboxylic acids is 1. The van der Waals surface area contributed by atoms with Crippen LogP contribution < -0.4 is 5.32 Å². The third kappa shape index (κ3) is 3.48. The van der Waals surface area contributed by atoms with Crippen LogP contribution in [0.25, 0.3) is 0 Å². The second-order valence-corrected chi connectivity index (χ2v) is 4.85. The van der Waals surface area contributed by atoms with E-state index >= 15 is 0 Å². The molecule has 0 fully saturated rings. The van der Waals surface area contributed by atoms with Gasteiger partial charge >= 0.3 is 0 Å². The molecule has 0 saturated heterocycles. The topological polar surface area (TPSA) is 62.2 Å². The van der Waals surface area contributed by atoms with Crippen molar-refractivity contribution in [3.63, 3.8) is 0 Å². The number of rotatable bonds is 4. The van der Waals surface area contributed by atoms with Gasteiger partial charge in [0.05, 0.1) is 11.7 Å². The van der Waals surface area contributed by atoms with E-state index in [1.54, 1.807) is 36.4 Å². The summed E-state index contributed by atoms with van der Waals surface area (Å²) in [5.74, 6) is -0.394. The molecule has 2 rings (SSSR count). The lowest BCUT2D eigenvalue weighted by molar-refractivity contribution is 0.0916. The molecule has 1 atom stereocenters. The molecule has 0 radical (unpaired) electrons. The number of amides is 1. The summed E-state index contributed by atoms with van der Waals surface area (Å²) in [7, 11) is 0. The van der Waals surface area contributed by atoms with Crippen molar-refractivity contribution in [2.75, 3.05) is 6.54 Å². The fourth-order valence-corrected chi connectivity index (χ4v) is 2.16. The Kier molecular flexibility index (Phi) is 4.95. The summed E-state index contributed by atoms with van der Waals surface area (Å²) in [5.41, 5.74) is 0.826. The zero-order valence-corrected chi connectivity index (χ0v) is 11.9. The Bertz CT molecular complexity index is 620. The molecule has 0 aliphatic rings. The van der Waals surface area contributed by atoms with Gasteiger partial charge in [-0.3, -0.25) is 4.79 Å². The van der Waals surface area contributed by atoms with Crippen molar-refractivity contribution in [3.05, 3.63) is 63.9 Å². The first-order valence-corrected chi connectivity index (χ1v) is 6.66. The van der Waals surface area contributed by atoms with Crippen LogP contribution in [-0.2, 0) is 0 Å². The Labute approximate surface area is 126 Å². The van der Waals surface area contributed by atoms with Gasteiger partial charge in [0.25, 0.3) is 5.91 Å². The van der Waals surface area contributed by atoms with Gasteiger partial charge < -0.3 is 10.4 Å². The van der Waals surface area contributed by atoms with Crippen LogP contribution in [0.5, 0.6) is 0 Å². The molecule has 20 heavy (non-hydrogen) atoms. The van der Waals surface area contributed by atoms with Crippen LogP contribution in [0.2, 0.25) is 10.2 Å². The summed E-state index contributed by atoms with van der Waals surface area (Å²) in [5, 5.41) is 13.2. The Morgan fingerprint density at radius 3 is 2.70 bits per heavy atom. The molecular weight excluding hydrogens is 299 g/mol. The molecule has 1 amide bonds. The van der Waals surface area contributed by atoms with Crippen molar-refractivity contribution in [2.45, 2.75) is 6.10 Å². The van der Waals surface area contributed by atoms with Crippen LogP contribution in [0, 0.1) is 0 Å². The number of hydrogen-bond acceptors (Lipinski definition) is 3. The highest BCUT2D eigenvalue weighted by Gasteiger charge is 2.15. The van der Waals surface area contributed by atoms with E-state index in [1.165, 1.54) is 6.20 Å². The number of aliphatic hydroxyl groups is 1. The van der Waals surface area contributed by atoms with Gasteiger partial charge in [-0.15, -0.1) is 0 Å². The maximum atomic E-state index is 11.9. The number of pyridine rings is 1. The van der Waals surface area contributed by atoms with Crippen LogP contribution >= 0.6 is 23.2 Å². The lowest BCUT2D eigenvalue weighted by Gasteiger charge is -2.13. The molecule has 0 aliphatic carbocycles. The Balaban J connectivity index is 2.01. The highest BCUT2D eigenvalue weighted by Crippen LogP contribution is 2.22. The molecule has 6 heteroatoms. The Morgan fingerprint density at radius 2 is 2.00 bits per heavy atom. The molecule has 1 aromatic carbocycles. The second-order valence-electron chi connectivity index (χ2n) is 4.09. The van der Waals surface area contributed by atoms with Crippen LogP contribution in [0.3, 0.4) is 0 Å². The standard InChI is InChI=1S/C14H12Cl2N2O2/c15-11-6-2-1-4-9(11)12(19)8-18-14(20)10-5-3-7-17-13(10)16/h1-7,12,19H,8H2,(H,18,20). The highest BCUT2D eigenvalue weighted by molar-refractivity contribution is 6.32. The number of hydrogen-bond donors (Lipinski definition) is 2. The minimum absolute atomic E-state index is 0.0355. The van der Waals surface area contributed by atoms with Crippen LogP contribution in [0.1, 0.15) is 22.0 Å². The molecule has 1 aromatic heterocycles. The average Bonchev–Trinajstić information content (AvgIpc) is 2.45. The second kappa shape index (κ2) is 6.70. The number of nitrogens with one attached hydrogen (secondary N) is 1. The lowest BCUT2D eigenvalue weighted by atomic mass is 10.1. The summed E-state index contributed by atoms with van der Waals surface area (Å²) in [4.78, 5) is 15.7. The predicted octanol–water partition coefficient (Wildman–Crippen LogP) is 2.85. The van der Waals surface area contributed by atoms with Crippen molar-refractivity contribution in [1.82, 2.24) is 10.3 Å². The van der Waals surface area contributed by atoms with Crippen LogP contribution in [0.15, 0.2) is 42.6 Å². The van der Waals surface area contributed by atoms with E-state index in [9.17, 15) is 9.90 Å². The third-order valence-corrected chi connectivity index (χ3v) is 3.37. The van der Waals surface area contributed by atoms with Gasteiger partial charge in [-0.05, 0) is 18.2 Å². The molecule has 0 spiro atoms. The van der Waals surface area contributed by atoms with Crippen molar-refractivity contribution in [1.29, 1.82) is 0 Å². The Hall–Kier alpha value is -1.62. The van der Waals surface area contributed by atoms with Gasteiger partial charge in [0.1, 0.15) is 5.15 Å². The molecule has 0 aliphatic heterocycles. The predicted molar refractivity (Wildman–Crippen MR) is 78.0 cm³/mol. The van der Waals surface area contributed by atoms with Crippen LogP contribution in [0.4, 0.5) is 0 Å². The van der Waals surface area contributed by atoms with E-state index in [0.717, 1.165) is 0 Å². The number of nitrogens with zero attached hydrogens (tertiary/aromatic N) is 1. The van der Waals surface area contributed by atoms with Gasteiger partial charge in [-0.1, -0.05) is 41.4 Å². The van der Waals surface area contributed by atoms with Crippen molar-refractivity contribution < 1.29 is 9.90 Å². The summed E-state index contributed by atoms with van der Waals surface area (Å²) >= 11 is 11.8. The molecular formula is C14H12Cl2N2O2. The zero-order valence-electron chi connectivity index (χ0n) is 10.4. The lowest BCUT2D eigenvalue weighted by Crippen LogP contribution is -2.28. The first kappa shape index (κ1) is 14.8. The van der Waals surface area contributed by atoms with Gasteiger partial charge in [-0.2, -0.15) is 0 Å². The van der Waals surface area contributed by atoms with E-state index < -0.39 is 12.0 Å². The summed E-state index contributed by atoms with van der Waals surface area (Å²) in [6, 6.07) is 10.1. The van der Waals surface area contributed by atoms with E-state index in [-0.39, 0.29) is 17.3 Å². The van der Waals surface area contributed by atoms with Gasteiger partial charge in [0.15, 0.2) is 0 Å². The molecule has 104 valence electrons. The number of benzene rings is 1. The molecule has 0 saturated carbocycles. The molecule has 1 heterocycles. The van der Waals surface area contributed by atoms with E-state index in [1.807, 2.05) is 0 Å². The summed E-state index contributed by atoms with van der Waals surface area (Å²) in [6.45, 7) is 0.0355. The zero-order chi connectivity index (χ0) is 14.5. The van der Waals surface area contributed by atoms with Gasteiger partial charge in [-0.25, -0.2) is 4.98 Å². The Morgan fingerprint density at radius 1 is 1.25 bits per heavy atom. The summed E-state index contributed by atoms with van der Waals surface area (Å²) in [6.07, 6.45) is 0.612. The van der Waals surface area contributed by atoms with E-state index in [4.69, 9.17) is 23.2 Å². The SMILES string of the molecule is O=C(NCC(O)c1ccccc1Cl)c1cccnc1Cl. The molecule has 2 N–H and O–H groups in total. The average molecular weight is 311 g/mol. The molecule has 4 nitrogen and oxygen atoms in total. The minimum atomic E-state index is -0.886. The van der Waals surface area contributed by atoms with E-state index in [2.05, 4.69) is 10.3 Å². The normalized spacial score (nSPS) is 11.9. The van der Waals surface area contributed by atoms with Crippen molar-refractivity contribution in [2.24, 2.45) is 0 Å². The number of aliphatic hydroxyl groups excluding tert-OH is 1. The van der Waals surface area contributed by atoms with Gasteiger partial charge in [0.2, 0.25) is 0 Å². The quantitative estimate of drug-likeness (QED) is 0.854. The largest absolute Gasteiger partial charge is 0.387 e. The maximum absolute atomic E-state index is 11.9. The number of halogens is 2. The molecule has 2 aromatic rings. The molecule has 0 bridgehead atoms. The van der Waals surface area contributed by atoms with Crippen molar-refractivity contribution >= 4 is 29.1 Å². The fourth-order valence-electron chi connectivity index (χ4n) is 1.70. The minimum Gasteiger partial charge on any atom is -0.387 e. The fraction of sp³-hybridized carbons (Fsp3) is 0.143. The molecule has 1 unspecified atom stereocenters. The number of carbonyl (C=O) groups is 1. The monoisotopic (exact) mass is 310 g/mol. The number of aromatic nitrogens is 1. The first-order valence-electron chi connectivity index (χ1n) is 5.91.